The van der Waals surface area contributed by atoms with E-state index in [1.807, 2.05) is 53.1 Å². The van der Waals surface area contributed by atoms with E-state index in [2.05, 4.69) is 15.5 Å². The molecule has 166 valence electrons. The Morgan fingerprint density at radius 3 is 2.81 bits per heavy atom. The molecule has 10 heteroatoms. The molecular weight excluding hydrogens is 446 g/mol. The van der Waals surface area contributed by atoms with Gasteiger partial charge in [0.1, 0.15) is 0 Å². The second-order valence-electron chi connectivity index (χ2n) is 7.01. The van der Waals surface area contributed by atoms with Crippen molar-refractivity contribution in [3.05, 3.63) is 58.9 Å². The van der Waals surface area contributed by atoms with Crippen molar-refractivity contribution in [1.29, 1.82) is 0 Å². The molecule has 1 N–H and O–H groups in total. The number of nitrogens with zero attached hydrogens (tertiary/aromatic N) is 4. The highest BCUT2D eigenvalue weighted by molar-refractivity contribution is 7.99. The summed E-state index contributed by atoms with van der Waals surface area (Å²) in [5.74, 6) is 0.490. The molecule has 2 aromatic carbocycles. The number of hydrogen-bond donors (Lipinski definition) is 1. The molecule has 8 nitrogen and oxygen atoms in total. The van der Waals surface area contributed by atoms with Crippen LogP contribution in [0.15, 0.2) is 63.4 Å². The van der Waals surface area contributed by atoms with Gasteiger partial charge in [0.15, 0.2) is 5.16 Å². The van der Waals surface area contributed by atoms with Crippen molar-refractivity contribution >= 4 is 51.8 Å². The number of methoxy groups -OCH3 is 1. The van der Waals surface area contributed by atoms with Gasteiger partial charge >= 0.3 is 0 Å². The lowest BCUT2D eigenvalue weighted by Crippen LogP contribution is -2.24. The molecule has 0 saturated heterocycles. The van der Waals surface area contributed by atoms with Crippen LogP contribution in [0.25, 0.3) is 16.7 Å². The van der Waals surface area contributed by atoms with Crippen LogP contribution in [-0.4, -0.2) is 50.8 Å². The largest absolute Gasteiger partial charge is 0.385 e. The number of rotatable bonds is 9. The van der Waals surface area contributed by atoms with Gasteiger partial charge in [-0.25, -0.2) is 0 Å². The molecule has 4 rings (SSSR count). The topological polar surface area (TPSA) is 90.5 Å². The predicted octanol–water partition coefficient (Wildman–Crippen LogP) is 3.53. The second-order valence-corrected chi connectivity index (χ2v) is 8.83. The molecular formula is C22H23N5O3S2. The summed E-state index contributed by atoms with van der Waals surface area (Å²) in [6, 6.07) is 15.1. The zero-order valence-electron chi connectivity index (χ0n) is 17.8. The van der Waals surface area contributed by atoms with Crippen LogP contribution in [-0.2, 0) is 16.1 Å². The molecule has 4 aromatic rings. The Labute approximate surface area is 193 Å². The van der Waals surface area contributed by atoms with E-state index in [1.165, 1.54) is 11.8 Å². The number of carbonyl (C=O) groups is 1. The van der Waals surface area contributed by atoms with Crippen molar-refractivity contribution in [3.8, 4) is 0 Å². The molecule has 0 saturated carbocycles. The number of amides is 1. The van der Waals surface area contributed by atoms with Crippen LogP contribution >= 0.6 is 23.5 Å². The average molecular weight is 470 g/mol. The number of aromatic nitrogens is 4. The number of fused-ring (bicyclic) bond motifs is 3. The summed E-state index contributed by atoms with van der Waals surface area (Å²) in [6.45, 7) is 1.01. The number of carbonyl (C=O) groups excluding carboxylic acids is 1. The highest BCUT2D eigenvalue weighted by Crippen LogP contribution is 2.23. The Morgan fingerprint density at radius 1 is 1.16 bits per heavy atom. The van der Waals surface area contributed by atoms with E-state index >= 15 is 0 Å². The van der Waals surface area contributed by atoms with Gasteiger partial charge in [0, 0.05) is 30.8 Å². The Bertz CT molecular complexity index is 1320. The van der Waals surface area contributed by atoms with E-state index in [9.17, 15) is 9.59 Å². The van der Waals surface area contributed by atoms with Crippen LogP contribution in [0.2, 0.25) is 0 Å². The number of anilines is 1. The third kappa shape index (κ3) is 4.67. The molecule has 0 fully saturated rings. The van der Waals surface area contributed by atoms with E-state index in [4.69, 9.17) is 4.74 Å². The van der Waals surface area contributed by atoms with Crippen molar-refractivity contribution in [2.24, 2.45) is 0 Å². The van der Waals surface area contributed by atoms with Crippen LogP contribution in [0.4, 0.5) is 5.69 Å². The molecule has 0 aliphatic rings. The van der Waals surface area contributed by atoms with Gasteiger partial charge in [-0.1, -0.05) is 30.0 Å². The fraction of sp³-hybridized carbons (Fsp3) is 0.273. The molecule has 0 unspecified atom stereocenters. The summed E-state index contributed by atoms with van der Waals surface area (Å²) in [7, 11) is 1.63. The number of benzene rings is 2. The van der Waals surface area contributed by atoms with Crippen LogP contribution in [0.1, 0.15) is 6.42 Å². The molecule has 0 aliphatic carbocycles. The van der Waals surface area contributed by atoms with E-state index in [1.54, 1.807) is 29.5 Å². The van der Waals surface area contributed by atoms with Gasteiger partial charge in [-0.3, -0.25) is 18.6 Å². The molecule has 0 aliphatic heterocycles. The van der Waals surface area contributed by atoms with E-state index < -0.39 is 0 Å². The molecule has 32 heavy (non-hydrogen) atoms. The van der Waals surface area contributed by atoms with Crippen LogP contribution in [0.5, 0.6) is 0 Å². The predicted molar refractivity (Wildman–Crippen MR) is 129 cm³/mol. The third-order valence-corrected chi connectivity index (χ3v) is 6.55. The Kier molecular flexibility index (Phi) is 7.13. The van der Waals surface area contributed by atoms with Gasteiger partial charge in [0.2, 0.25) is 11.7 Å². The monoisotopic (exact) mass is 469 g/mol. The summed E-state index contributed by atoms with van der Waals surface area (Å²) in [5, 5.41) is 12.6. The van der Waals surface area contributed by atoms with Crippen LogP contribution in [0.3, 0.4) is 0 Å². The molecule has 0 bridgehead atoms. The SMILES string of the molecule is COCCCn1c(=O)c2ccccc2n2c(SCC(=O)Nc3cccc(SC)c3)nnc12. The quantitative estimate of drug-likeness (QED) is 0.296. The zero-order chi connectivity index (χ0) is 22.5. The first-order valence-electron chi connectivity index (χ1n) is 10.0. The Morgan fingerprint density at radius 2 is 2.00 bits per heavy atom. The first-order valence-corrected chi connectivity index (χ1v) is 12.3. The summed E-state index contributed by atoms with van der Waals surface area (Å²) >= 11 is 2.90. The third-order valence-electron chi connectivity index (χ3n) is 4.89. The Balaban J connectivity index is 1.62. The van der Waals surface area contributed by atoms with Gasteiger partial charge in [-0.05, 0) is 43.0 Å². The number of hydrogen-bond acceptors (Lipinski definition) is 7. The summed E-state index contributed by atoms with van der Waals surface area (Å²) < 4.78 is 8.59. The first kappa shape index (κ1) is 22.4. The number of thioether (sulfide) groups is 2. The van der Waals surface area contributed by atoms with Crippen molar-refractivity contribution in [2.75, 3.05) is 31.0 Å². The van der Waals surface area contributed by atoms with Crippen molar-refractivity contribution < 1.29 is 9.53 Å². The van der Waals surface area contributed by atoms with Crippen LogP contribution in [0, 0.1) is 0 Å². The summed E-state index contributed by atoms with van der Waals surface area (Å²) in [6.07, 6.45) is 2.67. The maximum absolute atomic E-state index is 13.0. The molecule has 0 radical (unpaired) electrons. The number of para-hydroxylation sites is 1. The standard InChI is InChI=1S/C22H23N5O3S2/c1-30-12-6-11-26-20(29)17-9-3-4-10-18(17)27-21(26)24-25-22(27)32-14-19(28)23-15-7-5-8-16(13-15)31-2/h3-5,7-10,13H,6,11-12,14H2,1-2H3,(H,23,28). The molecule has 0 atom stereocenters. The maximum atomic E-state index is 13.0. The molecule has 2 aromatic heterocycles. The fourth-order valence-corrected chi connectivity index (χ4v) is 4.62. The summed E-state index contributed by atoms with van der Waals surface area (Å²) in [4.78, 5) is 26.7. The Hall–Kier alpha value is -2.82. The van der Waals surface area contributed by atoms with Gasteiger partial charge in [-0.2, -0.15) is 0 Å². The van der Waals surface area contributed by atoms with Crippen molar-refractivity contribution in [3.63, 3.8) is 0 Å². The smallest absolute Gasteiger partial charge is 0.262 e. The zero-order valence-corrected chi connectivity index (χ0v) is 19.4. The average Bonchev–Trinajstić information content (AvgIpc) is 3.24. The van der Waals surface area contributed by atoms with Gasteiger partial charge in [0.05, 0.1) is 16.7 Å². The van der Waals surface area contributed by atoms with E-state index in [0.717, 1.165) is 16.1 Å². The van der Waals surface area contributed by atoms with E-state index in [-0.39, 0.29) is 17.2 Å². The highest BCUT2D eigenvalue weighted by atomic mass is 32.2. The lowest BCUT2D eigenvalue weighted by atomic mass is 10.2. The minimum absolute atomic E-state index is 0.112. The van der Waals surface area contributed by atoms with Gasteiger partial charge in [-0.15, -0.1) is 22.0 Å². The molecule has 1 amide bonds. The number of nitrogens with one attached hydrogen (secondary N) is 1. The molecule has 0 spiro atoms. The number of aryl methyl sites for hydroxylation is 1. The maximum Gasteiger partial charge on any atom is 0.262 e. The second kappa shape index (κ2) is 10.2. The van der Waals surface area contributed by atoms with Crippen molar-refractivity contribution in [1.82, 2.24) is 19.2 Å². The normalized spacial score (nSPS) is 11.3. The minimum Gasteiger partial charge on any atom is -0.385 e. The number of ether oxygens (including phenoxy) is 1. The van der Waals surface area contributed by atoms with Gasteiger partial charge in [0.25, 0.3) is 5.56 Å². The molecule has 2 heterocycles. The first-order chi connectivity index (χ1) is 15.6. The lowest BCUT2D eigenvalue weighted by Gasteiger charge is -2.11. The lowest BCUT2D eigenvalue weighted by molar-refractivity contribution is -0.113. The fourth-order valence-electron chi connectivity index (χ4n) is 3.42. The highest BCUT2D eigenvalue weighted by Gasteiger charge is 2.17. The van der Waals surface area contributed by atoms with E-state index in [0.29, 0.717) is 35.9 Å². The minimum atomic E-state index is -0.136. The van der Waals surface area contributed by atoms with Crippen molar-refractivity contribution in [2.45, 2.75) is 23.0 Å². The van der Waals surface area contributed by atoms with Gasteiger partial charge < -0.3 is 10.1 Å². The summed E-state index contributed by atoms with van der Waals surface area (Å²) in [5.41, 5.74) is 1.36. The van der Waals surface area contributed by atoms with Crippen LogP contribution < -0.4 is 10.9 Å².